The Morgan fingerprint density at radius 3 is 2.87 bits per heavy atom. The second-order valence-electron chi connectivity index (χ2n) is 2.68. The third kappa shape index (κ3) is 3.41. The Kier molecular flexibility index (Phi) is 4.38. The monoisotopic (exact) mass is 245 g/mol. The van der Waals surface area contributed by atoms with Crippen molar-refractivity contribution < 1.29 is 4.28 Å². The van der Waals surface area contributed by atoms with Crippen LogP contribution in [0.25, 0.3) is 11.0 Å². The van der Waals surface area contributed by atoms with Crippen molar-refractivity contribution in [2.24, 2.45) is 5.34 Å². The summed E-state index contributed by atoms with van der Waals surface area (Å²) < 4.78 is 3.31. The number of halogens is 1. The number of rotatable bonds is 1. The maximum atomic E-state index is 8.62. The molecule has 2 aromatic heterocycles. The van der Waals surface area contributed by atoms with Gasteiger partial charge in [-0.2, -0.15) is 0 Å². The van der Waals surface area contributed by atoms with Crippen molar-refractivity contribution in [1.29, 1.82) is 0 Å². The standard InChI is InChI=1S/C8H7ClN2.HNO2S/c1-5-4-6-2-3-7(9)11-8(6)10-5;2-1-3-4/h2-4H,1H3,(H,10,11);4H. The second kappa shape index (κ2) is 5.57. The maximum absolute atomic E-state index is 8.62. The maximum Gasteiger partial charge on any atom is 0.168 e. The number of hydrogen-bond acceptors (Lipinski definition) is 5. The first kappa shape index (κ1) is 11.8. The van der Waals surface area contributed by atoms with E-state index in [1.807, 2.05) is 24.4 Å². The lowest BCUT2D eigenvalue weighted by molar-refractivity contribution is 0.406. The number of fused-ring (bicyclic) bond motifs is 1. The van der Waals surface area contributed by atoms with E-state index in [1.165, 1.54) is 0 Å². The molecule has 0 aliphatic rings. The van der Waals surface area contributed by atoms with E-state index < -0.39 is 0 Å². The minimum absolute atomic E-state index is 0.527. The van der Waals surface area contributed by atoms with Gasteiger partial charge in [-0.15, -0.1) is 4.91 Å². The summed E-state index contributed by atoms with van der Waals surface area (Å²) in [5.41, 5.74) is 1.96. The summed E-state index contributed by atoms with van der Waals surface area (Å²) in [7, 11) is 0. The van der Waals surface area contributed by atoms with E-state index in [0.717, 1.165) is 16.7 Å². The minimum atomic E-state index is 0.527. The summed E-state index contributed by atoms with van der Waals surface area (Å²) in [5, 5.41) is 3.48. The molecule has 2 rings (SSSR count). The lowest BCUT2D eigenvalue weighted by Crippen LogP contribution is -1.75. The van der Waals surface area contributed by atoms with Gasteiger partial charge in [0, 0.05) is 11.1 Å². The fourth-order valence-electron chi connectivity index (χ4n) is 1.12. The Balaban J connectivity index is 0.000000245. The third-order valence-electron chi connectivity index (χ3n) is 1.61. The van der Waals surface area contributed by atoms with Gasteiger partial charge in [-0.1, -0.05) is 11.6 Å². The van der Waals surface area contributed by atoms with E-state index in [9.17, 15) is 0 Å². The van der Waals surface area contributed by atoms with Gasteiger partial charge in [0.1, 0.15) is 10.8 Å². The molecule has 2 aromatic rings. The zero-order chi connectivity index (χ0) is 11.3. The number of thiol groups is 1. The van der Waals surface area contributed by atoms with Gasteiger partial charge in [-0.3, -0.25) is 4.28 Å². The quantitative estimate of drug-likeness (QED) is 0.267. The molecule has 0 aliphatic carbocycles. The molecule has 7 heteroatoms. The molecule has 0 atom stereocenters. The molecule has 0 saturated carbocycles. The number of pyridine rings is 1. The van der Waals surface area contributed by atoms with Gasteiger partial charge >= 0.3 is 0 Å². The Labute approximate surface area is 96.3 Å². The predicted molar refractivity (Wildman–Crippen MR) is 61.7 cm³/mol. The number of nitrogens with zero attached hydrogens (tertiary/aromatic N) is 2. The molecule has 0 unspecified atom stereocenters. The normalized spacial score (nSPS) is 9.27. The Morgan fingerprint density at radius 2 is 2.27 bits per heavy atom. The first-order valence-electron chi connectivity index (χ1n) is 3.92. The van der Waals surface area contributed by atoms with Gasteiger partial charge in [0.2, 0.25) is 0 Å². The van der Waals surface area contributed by atoms with Crippen LogP contribution in [-0.2, 0) is 4.28 Å². The van der Waals surface area contributed by atoms with Crippen LogP contribution in [0, 0.1) is 11.8 Å². The summed E-state index contributed by atoms with van der Waals surface area (Å²) in [5.74, 6) is 0. The van der Waals surface area contributed by atoms with Crippen molar-refractivity contribution >= 4 is 35.5 Å². The summed E-state index contributed by atoms with van der Waals surface area (Å²) in [4.78, 5) is 15.8. The molecule has 5 nitrogen and oxygen atoms in total. The SMILES string of the molecule is Cc1cc2ccc(Cl)nc2[nH]1.O=NOS. The van der Waals surface area contributed by atoms with Crippen molar-refractivity contribution in [3.8, 4) is 0 Å². The number of H-pyrrole nitrogens is 1. The topological polar surface area (TPSA) is 67.3 Å². The molecular formula is C8H8ClN3O2S. The van der Waals surface area contributed by atoms with E-state index in [2.05, 4.69) is 27.2 Å². The van der Waals surface area contributed by atoms with Crippen LogP contribution in [0.15, 0.2) is 23.5 Å². The van der Waals surface area contributed by atoms with E-state index >= 15 is 0 Å². The summed E-state index contributed by atoms with van der Waals surface area (Å²) in [6.45, 7) is 2.00. The second-order valence-corrected chi connectivity index (χ2v) is 3.23. The molecule has 0 fully saturated rings. The largest absolute Gasteiger partial charge is 0.344 e. The lowest BCUT2D eigenvalue weighted by Gasteiger charge is -1.87. The van der Waals surface area contributed by atoms with Crippen molar-refractivity contribution in [3.05, 3.63) is 34.0 Å². The zero-order valence-corrected chi connectivity index (χ0v) is 9.42. The van der Waals surface area contributed by atoms with Crippen LogP contribution in [0.5, 0.6) is 0 Å². The van der Waals surface area contributed by atoms with E-state index in [-0.39, 0.29) is 0 Å². The van der Waals surface area contributed by atoms with Crippen molar-refractivity contribution in [2.75, 3.05) is 0 Å². The Bertz CT molecular complexity index is 460. The van der Waals surface area contributed by atoms with Crippen LogP contribution >= 0.6 is 24.5 Å². The molecule has 0 saturated heterocycles. The van der Waals surface area contributed by atoms with Crippen molar-refractivity contribution in [3.63, 3.8) is 0 Å². The molecule has 0 amide bonds. The highest BCUT2D eigenvalue weighted by Gasteiger charge is 1.97. The van der Waals surface area contributed by atoms with E-state index in [1.54, 1.807) is 6.07 Å². The zero-order valence-electron chi connectivity index (χ0n) is 7.77. The summed E-state index contributed by atoms with van der Waals surface area (Å²) in [6, 6.07) is 5.78. The summed E-state index contributed by atoms with van der Waals surface area (Å²) in [6.07, 6.45) is 0. The fourth-order valence-corrected chi connectivity index (χ4v) is 1.27. The smallest absolute Gasteiger partial charge is 0.168 e. The Morgan fingerprint density at radius 1 is 1.60 bits per heavy atom. The van der Waals surface area contributed by atoms with Crippen LogP contribution < -0.4 is 0 Å². The van der Waals surface area contributed by atoms with Crippen molar-refractivity contribution in [1.82, 2.24) is 9.97 Å². The highest BCUT2D eigenvalue weighted by molar-refractivity contribution is 7.75. The number of hydrogen-bond donors (Lipinski definition) is 2. The van der Waals surface area contributed by atoms with E-state index in [4.69, 9.17) is 16.5 Å². The molecule has 0 aliphatic heterocycles. The highest BCUT2D eigenvalue weighted by atomic mass is 35.5. The number of aromatic nitrogens is 2. The molecular weight excluding hydrogens is 238 g/mol. The summed E-state index contributed by atoms with van der Waals surface area (Å²) >= 11 is 8.64. The van der Waals surface area contributed by atoms with Crippen LogP contribution in [0.3, 0.4) is 0 Å². The van der Waals surface area contributed by atoms with Gasteiger partial charge < -0.3 is 4.98 Å². The van der Waals surface area contributed by atoms with Crippen LogP contribution in [-0.4, -0.2) is 9.97 Å². The molecule has 80 valence electrons. The van der Waals surface area contributed by atoms with Crippen LogP contribution in [0.4, 0.5) is 0 Å². The molecule has 0 bridgehead atoms. The molecule has 0 spiro atoms. The molecule has 2 heterocycles. The minimum Gasteiger partial charge on any atom is -0.344 e. The molecule has 0 radical (unpaired) electrons. The van der Waals surface area contributed by atoms with Crippen LogP contribution in [0.1, 0.15) is 5.69 Å². The fraction of sp³-hybridized carbons (Fsp3) is 0.125. The van der Waals surface area contributed by atoms with Gasteiger partial charge in [0.25, 0.3) is 0 Å². The number of nitrogens with one attached hydrogen (secondary N) is 1. The van der Waals surface area contributed by atoms with Gasteiger partial charge in [-0.05, 0) is 25.1 Å². The molecule has 0 aromatic carbocycles. The lowest BCUT2D eigenvalue weighted by atomic mass is 10.3. The Hall–Kier alpha value is -1.27. The van der Waals surface area contributed by atoms with E-state index in [0.29, 0.717) is 5.15 Å². The average molecular weight is 246 g/mol. The van der Waals surface area contributed by atoms with Crippen LogP contribution in [0.2, 0.25) is 5.15 Å². The average Bonchev–Trinajstić information content (AvgIpc) is 2.58. The number of aromatic amines is 1. The molecule has 1 N–H and O–H groups in total. The first-order valence-corrected chi connectivity index (χ1v) is 4.67. The van der Waals surface area contributed by atoms with Gasteiger partial charge in [-0.25, -0.2) is 4.98 Å². The predicted octanol–water partition coefficient (Wildman–Crippen LogP) is 3.05. The highest BCUT2D eigenvalue weighted by Crippen LogP contribution is 2.15. The third-order valence-corrected chi connectivity index (χ3v) is 1.89. The first-order chi connectivity index (χ1) is 7.17. The van der Waals surface area contributed by atoms with Gasteiger partial charge in [0.05, 0.1) is 12.9 Å². The van der Waals surface area contributed by atoms with Crippen molar-refractivity contribution in [2.45, 2.75) is 6.92 Å². The van der Waals surface area contributed by atoms with Gasteiger partial charge in [0.15, 0.2) is 5.34 Å². The molecule has 15 heavy (non-hydrogen) atoms. The number of aryl methyl sites for hydroxylation is 1.